The second kappa shape index (κ2) is 6.02. The van der Waals surface area contributed by atoms with Crippen molar-refractivity contribution in [1.29, 1.82) is 0 Å². The van der Waals surface area contributed by atoms with Gasteiger partial charge in [0.2, 0.25) is 0 Å². The summed E-state index contributed by atoms with van der Waals surface area (Å²) in [5.74, 6) is -0.198. The molecular formula is C16H21FN2S. The van der Waals surface area contributed by atoms with E-state index in [1.54, 1.807) is 11.3 Å². The average Bonchev–Trinajstić information content (AvgIpc) is 2.85. The minimum absolute atomic E-state index is 0.0946. The Labute approximate surface area is 124 Å². The molecule has 0 aliphatic rings. The minimum atomic E-state index is -0.198. The summed E-state index contributed by atoms with van der Waals surface area (Å²) in [7, 11) is 0. The molecule has 0 radical (unpaired) electrons. The minimum Gasteiger partial charge on any atom is -0.304 e. The van der Waals surface area contributed by atoms with E-state index in [0.717, 1.165) is 22.8 Å². The van der Waals surface area contributed by atoms with Gasteiger partial charge in [-0.1, -0.05) is 32.9 Å². The van der Waals surface area contributed by atoms with Crippen LogP contribution in [-0.4, -0.2) is 4.98 Å². The van der Waals surface area contributed by atoms with Crippen molar-refractivity contribution < 1.29 is 4.39 Å². The van der Waals surface area contributed by atoms with Gasteiger partial charge in [0.25, 0.3) is 0 Å². The molecule has 1 aromatic heterocycles. The summed E-state index contributed by atoms with van der Waals surface area (Å²) in [5.41, 5.74) is 2.31. The molecule has 108 valence electrons. The molecule has 1 N–H and O–H groups in total. The molecule has 2 nitrogen and oxygen atoms in total. The van der Waals surface area contributed by atoms with E-state index in [0.29, 0.717) is 0 Å². The van der Waals surface area contributed by atoms with Gasteiger partial charge < -0.3 is 5.32 Å². The predicted octanol–water partition coefficient (Wildman–Crippen LogP) is 4.43. The monoisotopic (exact) mass is 292 g/mol. The summed E-state index contributed by atoms with van der Waals surface area (Å²) in [4.78, 5) is 4.66. The third-order valence-electron chi connectivity index (χ3n) is 3.25. The maximum atomic E-state index is 12.9. The molecule has 1 aromatic carbocycles. The second-order valence-corrected chi connectivity index (χ2v) is 6.97. The van der Waals surface area contributed by atoms with Crippen molar-refractivity contribution in [3.63, 3.8) is 0 Å². The highest BCUT2D eigenvalue weighted by molar-refractivity contribution is 7.09. The van der Waals surface area contributed by atoms with Crippen LogP contribution in [0.1, 0.15) is 50.0 Å². The first-order chi connectivity index (χ1) is 9.36. The largest absolute Gasteiger partial charge is 0.304 e. The van der Waals surface area contributed by atoms with Crippen LogP contribution in [0.5, 0.6) is 0 Å². The van der Waals surface area contributed by atoms with E-state index < -0.39 is 0 Å². The van der Waals surface area contributed by atoms with Crippen LogP contribution in [0.2, 0.25) is 0 Å². The van der Waals surface area contributed by atoms with Gasteiger partial charge in [-0.3, -0.25) is 0 Å². The van der Waals surface area contributed by atoms with Crippen molar-refractivity contribution in [2.45, 2.75) is 45.7 Å². The van der Waals surface area contributed by atoms with Gasteiger partial charge in [0, 0.05) is 23.4 Å². The van der Waals surface area contributed by atoms with E-state index in [2.05, 4.69) is 43.4 Å². The lowest BCUT2D eigenvalue weighted by Crippen LogP contribution is -2.18. The number of nitrogens with zero attached hydrogens (tertiary/aromatic N) is 1. The van der Waals surface area contributed by atoms with E-state index in [1.807, 2.05) is 12.1 Å². The number of thiazole rings is 1. The number of hydrogen-bond donors (Lipinski definition) is 1. The molecule has 0 unspecified atom stereocenters. The number of halogens is 1. The molecule has 0 aliphatic carbocycles. The lowest BCUT2D eigenvalue weighted by Gasteiger charge is -2.15. The fourth-order valence-electron chi connectivity index (χ4n) is 1.85. The standard InChI is InChI=1S/C16H21FN2S/c1-11(12-5-7-13(17)8-6-12)18-9-15-19-14(10-20-15)16(2,3)4/h5-8,10-11,18H,9H2,1-4H3/t11-/m1/s1. The Balaban J connectivity index is 1.95. The Bertz CT molecular complexity index is 555. The van der Waals surface area contributed by atoms with Gasteiger partial charge in [-0.15, -0.1) is 11.3 Å². The number of hydrogen-bond acceptors (Lipinski definition) is 3. The number of nitrogens with one attached hydrogen (secondary N) is 1. The van der Waals surface area contributed by atoms with Gasteiger partial charge in [-0.25, -0.2) is 9.37 Å². The predicted molar refractivity (Wildman–Crippen MR) is 82.5 cm³/mol. The highest BCUT2D eigenvalue weighted by atomic mass is 32.1. The van der Waals surface area contributed by atoms with Crippen LogP contribution in [-0.2, 0) is 12.0 Å². The third kappa shape index (κ3) is 3.87. The summed E-state index contributed by atoms with van der Waals surface area (Å²) >= 11 is 1.68. The lowest BCUT2D eigenvalue weighted by molar-refractivity contribution is 0.553. The van der Waals surface area contributed by atoms with Crippen LogP contribution in [0.15, 0.2) is 29.6 Å². The zero-order chi connectivity index (χ0) is 14.8. The Morgan fingerprint density at radius 2 is 1.90 bits per heavy atom. The zero-order valence-corrected chi connectivity index (χ0v) is 13.2. The fourth-order valence-corrected chi connectivity index (χ4v) is 2.82. The van der Waals surface area contributed by atoms with Crippen molar-refractivity contribution in [3.05, 3.63) is 51.7 Å². The first-order valence-electron chi connectivity index (χ1n) is 6.80. The normalized spacial score (nSPS) is 13.4. The number of rotatable bonds is 4. The van der Waals surface area contributed by atoms with Gasteiger partial charge in [-0.2, -0.15) is 0 Å². The Morgan fingerprint density at radius 1 is 1.25 bits per heavy atom. The van der Waals surface area contributed by atoms with E-state index in [-0.39, 0.29) is 17.3 Å². The van der Waals surface area contributed by atoms with Crippen molar-refractivity contribution in [2.24, 2.45) is 0 Å². The van der Waals surface area contributed by atoms with Crippen LogP contribution >= 0.6 is 11.3 Å². The highest BCUT2D eigenvalue weighted by Crippen LogP contribution is 2.24. The summed E-state index contributed by atoms with van der Waals surface area (Å²) < 4.78 is 12.9. The molecular weight excluding hydrogens is 271 g/mol. The fraction of sp³-hybridized carbons (Fsp3) is 0.438. The highest BCUT2D eigenvalue weighted by Gasteiger charge is 2.17. The Hall–Kier alpha value is -1.26. The molecule has 20 heavy (non-hydrogen) atoms. The van der Waals surface area contributed by atoms with Crippen molar-refractivity contribution in [3.8, 4) is 0 Å². The van der Waals surface area contributed by atoms with Gasteiger partial charge in [0.1, 0.15) is 10.8 Å². The van der Waals surface area contributed by atoms with Gasteiger partial charge >= 0.3 is 0 Å². The topological polar surface area (TPSA) is 24.9 Å². The van der Waals surface area contributed by atoms with Gasteiger partial charge in [-0.05, 0) is 24.6 Å². The molecule has 0 fully saturated rings. The van der Waals surface area contributed by atoms with E-state index in [9.17, 15) is 4.39 Å². The second-order valence-electron chi connectivity index (χ2n) is 6.03. The third-order valence-corrected chi connectivity index (χ3v) is 4.10. The summed E-state index contributed by atoms with van der Waals surface area (Å²) in [6, 6.07) is 6.80. The number of aromatic nitrogens is 1. The molecule has 2 rings (SSSR count). The first-order valence-corrected chi connectivity index (χ1v) is 7.68. The maximum absolute atomic E-state index is 12.9. The molecule has 1 atom stereocenters. The summed E-state index contributed by atoms with van der Waals surface area (Å²) in [6.07, 6.45) is 0. The van der Waals surface area contributed by atoms with Gasteiger partial charge in [0.15, 0.2) is 0 Å². The average molecular weight is 292 g/mol. The molecule has 0 amide bonds. The molecule has 0 saturated heterocycles. The number of benzene rings is 1. The Morgan fingerprint density at radius 3 is 2.45 bits per heavy atom. The molecule has 1 heterocycles. The molecule has 2 aromatic rings. The molecule has 0 aliphatic heterocycles. The van der Waals surface area contributed by atoms with Crippen LogP contribution in [0.3, 0.4) is 0 Å². The first kappa shape index (κ1) is 15.1. The molecule has 0 saturated carbocycles. The molecule has 0 spiro atoms. The molecule has 4 heteroatoms. The van der Waals surface area contributed by atoms with Crippen LogP contribution < -0.4 is 5.32 Å². The summed E-state index contributed by atoms with van der Waals surface area (Å²) in [5, 5.41) is 6.64. The lowest BCUT2D eigenvalue weighted by atomic mass is 9.93. The summed E-state index contributed by atoms with van der Waals surface area (Å²) in [6.45, 7) is 9.31. The smallest absolute Gasteiger partial charge is 0.123 e. The molecule has 0 bridgehead atoms. The van der Waals surface area contributed by atoms with Crippen molar-refractivity contribution in [1.82, 2.24) is 10.3 Å². The van der Waals surface area contributed by atoms with E-state index in [1.165, 1.54) is 12.1 Å². The van der Waals surface area contributed by atoms with Crippen LogP contribution in [0.25, 0.3) is 0 Å². The van der Waals surface area contributed by atoms with Crippen LogP contribution in [0, 0.1) is 5.82 Å². The Kier molecular flexibility index (Phi) is 4.55. The SMILES string of the molecule is C[C@@H](NCc1nc(C(C)(C)C)cs1)c1ccc(F)cc1. The zero-order valence-electron chi connectivity index (χ0n) is 12.4. The van der Waals surface area contributed by atoms with Gasteiger partial charge in [0.05, 0.1) is 5.69 Å². The quantitative estimate of drug-likeness (QED) is 0.901. The van der Waals surface area contributed by atoms with Crippen molar-refractivity contribution >= 4 is 11.3 Å². The van der Waals surface area contributed by atoms with E-state index >= 15 is 0 Å². The van der Waals surface area contributed by atoms with Crippen molar-refractivity contribution in [2.75, 3.05) is 0 Å². The maximum Gasteiger partial charge on any atom is 0.123 e. The van der Waals surface area contributed by atoms with E-state index in [4.69, 9.17) is 0 Å². The van der Waals surface area contributed by atoms with Crippen LogP contribution in [0.4, 0.5) is 4.39 Å².